The Hall–Kier alpha value is -2.29. The van der Waals surface area contributed by atoms with E-state index in [9.17, 15) is 18.5 Å². The van der Waals surface area contributed by atoms with Crippen molar-refractivity contribution in [2.24, 2.45) is 0 Å². The fraction of sp³-hybridized carbons (Fsp3) is 0.429. The molecule has 1 aliphatic heterocycles. The van der Waals surface area contributed by atoms with Gasteiger partial charge >= 0.3 is 0 Å². The Morgan fingerprint density at radius 3 is 2.34 bits per heavy atom. The van der Waals surface area contributed by atoms with Crippen LogP contribution in [0.5, 0.6) is 0 Å². The van der Waals surface area contributed by atoms with Crippen molar-refractivity contribution >= 4 is 15.7 Å². The molecular weight excluding hydrogens is 390 g/mol. The predicted octanol–water partition coefficient (Wildman–Crippen LogP) is 2.98. The first-order valence-corrected chi connectivity index (χ1v) is 11.5. The third kappa shape index (κ3) is 4.19. The molecule has 7 nitrogen and oxygen atoms in total. The fourth-order valence-electron chi connectivity index (χ4n) is 4.21. The van der Waals surface area contributed by atoms with Gasteiger partial charge in [0.25, 0.3) is 5.69 Å². The fourth-order valence-corrected chi connectivity index (χ4v) is 5.68. The number of aryl methyl sites for hydroxylation is 2. The Labute approximate surface area is 171 Å². The summed E-state index contributed by atoms with van der Waals surface area (Å²) in [5, 5.41) is 11.2. The minimum Gasteiger partial charge on any atom is -0.296 e. The van der Waals surface area contributed by atoms with Crippen LogP contribution in [0.15, 0.2) is 47.4 Å². The van der Waals surface area contributed by atoms with Gasteiger partial charge in [0.15, 0.2) is 0 Å². The third-order valence-corrected chi connectivity index (χ3v) is 7.77. The number of piperazine rings is 1. The van der Waals surface area contributed by atoms with E-state index >= 15 is 0 Å². The zero-order chi connectivity index (χ0) is 20.4. The zero-order valence-corrected chi connectivity index (χ0v) is 17.1. The minimum absolute atomic E-state index is 0.108. The highest BCUT2D eigenvalue weighted by Crippen LogP contribution is 2.27. The van der Waals surface area contributed by atoms with Crippen LogP contribution < -0.4 is 0 Å². The van der Waals surface area contributed by atoms with E-state index in [1.54, 1.807) is 24.3 Å². The summed E-state index contributed by atoms with van der Waals surface area (Å²) in [5.74, 6) is 0. The van der Waals surface area contributed by atoms with E-state index < -0.39 is 10.0 Å². The lowest BCUT2D eigenvalue weighted by Gasteiger charge is -2.34. The van der Waals surface area contributed by atoms with Gasteiger partial charge in [0, 0.05) is 44.4 Å². The van der Waals surface area contributed by atoms with Crippen molar-refractivity contribution in [2.75, 3.05) is 26.2 Å². The van der Waals surface area contributed by atoms with E-state index in [0.29, 0.717) is 43.2 Å². The van der Waals surface area contributed by atoms with Gasteiger partial charge in [-0.25, -0.2) is 8.42 Å². The maximum absolute atomic E-state index is 13.1. The van der Waals surface area contributed by atoms with E-state index in [4.69, 9.17) is 0 Å². The molecule has 2 aromatic carbocycles. The van der Waals surface area contributed by atoms with Crippen LogP contribution >= 0.6 is 0 Å². The standard InChI is InChI=1S/C21H25N3O4S/c25-24(26)21-8-4-3-7-19(21)16-22-11-13-23(14-12-22)29(27,28)20-10-9-17-5-1-2-6-18(17)15-20/h3-4,7-10,15H,1-2,5-6,11-14,16H2. The molecule has 1 fully saturated rings. The molecule has 0 radical (unpaired) electrons. The monoisotopic (exact) mass is 415 g/mol. The number of nitrogens with zero attached hydrogens (tertiary/aromatic N) is 3. The van der Waals surface area contributed by atoms with Crippen LogP contribution in [0.4, 0.5) is 5.69 Å². The molecule has 0 amide bonds. The molecule has 0 spiro atoms. The lowest BCUT2D eigenvalue weighted by molar-refractivity contribution is -0.385. The number of fused-ring (bicyclic) bond motifs is 1. The molecule has 1 aliphatic carbocycles. The summed E-state index contributed by atoms with van der Waals surface area (Å²) in [7, 11) is -3.51. The van der Waals surface area contributed by atoms with E-state index in [1.165, 1.54) is 22.4 Å². The number of sulfonamides is 1. The first-order chi connectivity index (χ1) is 13.9. The van der Waals surface area contributed by atoms with Crippen molar-refractivity contribution in [1.29, 1.82) is 0 Å². The number of nitro benzene ring substituents is 1. The summed E-state index contributed by atoms with van der Waals surface area (Å²) in [6.07, 6.45) is 4.25. The highest BCUT2D eigenvalue weighted by atomic mass is 32.2. The van der Waals surface area contributed by atoms with Crippen LogP contribution in [-0.4, -0.2) is 48.7 Å². The number of benzene rings is 2. The lowest BCUT2D eigenvalue weighted by atomic mass is 9.92. The van der Waals surface area contributed by atoms with E-state index in [1.807, 2.05) is 12.1 Å². The second-order valence-corrected chi connectivity index (χ2v) is 9.64. The quantitative estimate of drug-likeness (QED) is 0.554. The predicted molar refractivity (Wildman–Crippen MR) is 110 cm³/mol. The molecule has 0 atom stereocenters. The number of nitro groups is 1. The van der Waals surface area contributed by atoms with Crippen molar-refractivity contribution in [3.05, 3.63) is 69.3 Å². The number of rotatable bonds is 5. The molecule has 154 valence electrons. The SMILES string of the molecule is O=[N+]([O-])c1ccccc1CN1CCN(S(=O)(=O)c2ccc3c(c2)CCCC3)CC1. The molecule has 1 saturated heterocycles. The summed E-state index contributed by atoms with van der Waals surface area (Å²) in [6, 6.07) is 12.3. The number of hydrogen-bond acceptors (Lipinski definition) is 5. The highest BCUT2D eigenvalue weighted by Gasteiger charge is 2.29. The van der Waals surface area contributed by atoms with Crippen LogP contribution in [0.3, 0.4) is 0 Å². The van der Waals surface area contributed by atoms with Crippen LogP contribution in [0.25, 0.3) is 0 Å². The van der Waals surface area contributed by atoms with Crippen molar-refractivity contribution < 1.29 is 13.3 Å². The van der Waals surface area contributed by atoms with Crippen LogP contribution in [0.2, 0.25) is 0 Å². The molecule has 0 bridgehead atoms. The maximum atomic E-state index is 13.1. The van der Waals surface area contributed by atoms with Gasteiger partial charge in [0.2, 0.25) is 10.0 Å². The van der Waals surface area contributed by atoms with E-state index in [0.717, 1.165) is 24.8 Å². The first kappa shape index (κ1) is 20.0. The molecule has 29 heavy (non-hydrogen) atoms. The molecule has 1 heterocycles. The van der Waals surface area contributed by atoms with Crippen LogP contribution in [0, 0.1) is 10.1 Å². The van der Waals surface area contributed by atoms with E-state index in [-0.39, 0.29) is 10.6 Å². The van der Waals surface area contributed by atoms with Crippen LogP contribution in [0.1, 0.15) is 29.5 Å². The largest absolute Gasteiger partial charge is 0.296 e. The lowest BCUT2D eigenvalue weighted by Crippen LogP contribution is -2.48. The van der Waals surface area contributed by atoms with Gasteiger partial charge in [-0.2, -0.15) is 4.31 Å². The second kappa shape index (κ2) is 8.22. The highest BCUT2D eigenvalue weighted by molar-refractivity contribution is 7.89. The maximum Gasteiger partial charge on any atom is 0.273 e. The third-order valence-electron chi connectivity index (χ3n) is 5.87. The Morgan fingerprint density at radius 1 is 0.931 bits per heavy atom. The summed E-state index contributed by atoms with van der Waals surface area (Å²) >= 11 is 0. The first-order valence-electron chi connectivity index (χ1n) is 10.0. The molecule has 2 aromatic rings. The second-order valence-electron chi connectivity index (χ2n) is 7.70. The molecule has 0 N–H and O–H groups in total. The topological polar surface area (TPSA) is 83.8 Å². The van der Waals surface area contributed by atoms with Gasteiger partial charge in [0.1, 0.15) is 0 Å². The Balaban J connectivity index is 1.43. The van der Waals surface area contributed by atoms with Gasteiger partial charge in [-0.15, -0.1) is 0 Å². The molecule has 2 aliphatic rings. The van der Waals surface area contributed by atoms with E-state index in [2.05, 4.69) is 4.90 Å². The average molecular weight is 416 g/mol. The van der Waals surface area contributed by atoms with Crippen LogP contribution in [-0.2, 0) is 29.4 Å². The zero-order valence-electron chi connectivity index (χ0n) is 16.3. The van der Waals surface area contributed by atoms with Gasteiger partial charge in [0.05, 0.1) is 9.82 Å². The summed E-state index contributed by atoms with van der Waals surface area (Å²) in [4.78, 5) is 13.3. The van der Waals surface area contributed by atoms with Crippen molar-refractivity contribution in [3.63, 3.8) is 0 Å². The Kier molecular flexibility index (Phi) is 5.67. The molecule has 0 saturated carbocycles. The molecule has 4 rings (SSSR count). The van der Waals surface area contributed by atoms with Crippen molar-refractivity contribution in [1.82, 2.24) is 9.21 Å². The van der Waals surface area contributed by atoms with Gasteiger partial charge in [-0.3, -0.25) is 15.0 Å². The van der Waals surface area contributed by atoms with Crippen molar-refractivity contribution in [3.8, 4) is 0 Å². The molecule has 8 heteroatoms. The number of para-hydroxylation sites is 1. The summed E-state index contributed by atoms with van der Waals surface area (Å²) in [6.45, 7) is 2.33. The molecule has 0 aromatic heterocycles. The smallest absolute Gasteiger partial charge is 0.273 e. The summed E-state index contributed by atoms with van der Waals surface area (Å²) in [5.41, 5.74) is 3.19. The Morgan fingerprint density at radius 2 is 1.62 bits per heavy atom. The average Bonchev–Trinajstić information content (AvgIpc) is 2.74. The minimum atomic E-state index is -3.51. The normalized spacial score (nSPS) is 18.3. The Bertz CT molecular complexity index is 1010. The molecular formula is C21H25N3O4S. The number of hydrogen-bond donors (Lipinski definition) is 0. The summed E-state index contributed by atoms with van der Waals surface area (Å²) < 4.78 is 27.7. The van der Waals surface area contributed by atoms with Gasteiger partial charge in [-0.1, -0.05) is 24.3 Å². The molecule has 0 unspecified atom stereocenters. The van der Waals surface area contributed by atoms with Gasteiger partial charge in [-0.05, 0) is 48.9 Å². The van der Waals surface area contributed by atoms with Gasteiger partial charge < -0.3 is 0 Å². The van der Waals surface area contributed by atoms with Crippen molar-refractivity contribution in [2.45, 2.75) is 37.1 Å².